The number of halogens is 2. The summed E-state index contributed by atoms with van der Waals surface area (Å²) in [5.41, 5.74) is 1.75. The lowest BCUT2D eigenvalue weighted by molar-refractivity contribution is 0.153. The van der Waals surface area contributed by atoms with Crippen molar-refractivity contribution in [3.05, 3.63) is 59.4 Å². The molecule has 0 aliphatic carbocycles. The number of rotatable bonds is 7. The normalized spacial score (nSPS) is 16.1. The minimum absolute atomic E-state index is 0.163. The molecule has 9 nitrogen and oxygen atoms in total. The molecule has 5 rings (SSSR count). The highest BCUT2D eigenvalue weighted by Gasteiger charge is 2.26. The summed E-state index contributed by atoms with van der Waals surface area (Å²) in [6, 6.07) is 7.75. The van der Waals surface area contributed by atoms with Crippen LogP contribution in [0, 0.1) is 23.5 Å². The number of hydrogen-bond donors (Lipinski definition) is 2. The van der Waals surface area contributed by atoms with E-state index in [1.807, 2.05) is 18.2 Å². The molecule has 0 saturated carbocycles. The topological polar surface area (TPSA) is 84.0 Å². The number of piperazine rings is 1. The minimum atomic E-state index is -0.904. The number of aromatic nitrogens is 2. The summed E-state index contributed by atoms with van der Waals surface area (Å²) in [6.07, 6.45) is 5.38. The van der Waals surface area contributed by atoms with Crippen molar-refractivity contribution in [3.8, 4) is 29.1 Å². The molecule has 0 unspecified atom stereocenters. The molecule has 41 heavy (non-hydrogen) atoms. The van der Waals surface area contributed by atoms with Crippen LogP contribution in [0.4, 0.5) is 26.1 Å². The number of nitrogens with zero attached hydrogens (tertiary/aromatic N) is 4. The van der Waals surface area contributed by atoms with Gasteiger partial charge < -0.3 is 29.7 Å². The molecule has 0 spiro atoms. The Morgan fingerprint density at radius 1 is 0.854 bits per heavy atom. The summed E-state index contributed by atoms with van der Waals surface area (Å²) in [5, 5.41) is 6.62. The first-order valence-corrected chi connectivity index (χ1v) is 13.6. The molecule has 0 radical (unpaired) electrons. The number of nitrogens with one attached hydrogen (secondary N) is 2. The van der Waals surface area contributed by atoms with Crippen LogP contribution in [0.5, 0.6) is 17.2 Å². The zero-order valence-electron chi connectivity index (χ0n) is 23.5. The van der Waals surface area contributed by atoms with E-state index in [-0.39, 0.29) is 11.5 Å². The van der Waals surface area contributed by atoms with Gasteiger partial charge in [0.15, 0.2) is 23.1 Å². The number of benzene rings is 2. The van der Waals surface area contributed by atoms with E-state index in [0.717, 1.165) is 62.5 Å². The zero-order chi connectivity index (χ0) is 28.8. The van der Waals surface area contributed by atoms with Crippen LogP contribution >= 0.6 is 0 Å². The van der Waals surface area contributed by atoms with Gasteiger partial charge in [-0.15, -0.1) is 0 Å². The number of ether oxygens (including phenoxy) is 3. The van der Waals surface area contributed by atoms with Gasteiger partial charge in [-0.2, -0.15) is 0 Å². The molecular formula is C30H34F2N6O3. The van der Waals surface area contributed by atoms with Crippen molar-refractivity contribution in [1.82, 2.24) is 20.2 Å². The summed E-state index contributed by atoms with van der Waals surface area (Å²) in [6.45, 7) is 6.20. The molecule has 2 aliphatic heterocycles. The number of anilines is 3. The van der Waals surface area contributed by atoms with Crippen molar-refractivity contribution in [2.45, 2.75) is 18.9 Å². The second kappa shape index (κ2) is 13.0. The van der Waals surface area contributed by atoms with Gasteiger partial charge in [-0.25, -0.2) is 18.7 Å². The first-order chi connectivity index (χ1) is 20.0. The number of methoxy groups -OCH3 is 3. The summed E-state index contributed by atoms with van der Waals surface area (Å²) < 4.78 is 44.8. The van der Waals surface area contributed by atoms with Crippen molar-refractivity contribution >= 4 is 17.3 Å². The van der Waals surface area contributed by atoms with Gasteiger partial charge in [-0.05, 0) is 38.1 Å². The van der Waals surface area contributed by atoms with Gasteiger partial charge in [0.25, 0.3) is 0 Å². The summed E-state index contributed by atoms with van der Waals surface area (Å²) in [5.74, 6) is 4.18. The number of hydrogen-bond acceptors (Lipinski definition) is 9. The van der Waals surface area contributed by atoms with Crippen molar-refractivity contribution in [1.29, 1.82) is 0 Å². The summed E-state index contributed by atoms with van der Waals surface area (Å²) >= 11 is 0. The van der Waals surface area contributed by atoms with E-state index in [1.165, 1.54) is 39.5 Å². The molecule has 0 bridgehead atoms. The van der Waals surface area contributed by atoms with E-state index in [4.69, 9.17) is 14.2 Å². The average molecular weight is 565 g/mol. The van der Waals surface area contributed by atoms with Crippen LogP contribution in [-0.2, 0) is 0 Å². The van der Waals surface area contributed by atoms with Crippen molar-refractivity contribution in [2.24, 2.45) is 0 Å². The predicted molar refractivity (Wildman–Crippen MR) is 153 cm³/mol. The maximum atomic E-state index is 14.6. The smallest absolute Gasteiger partial charge is 0.227 e. The van der Waals surface area contributed by atoms with E-state index in [9.17, 15) is 8.78 Å². The molecule has 0 atom stereocenters. The standard InChI is InChI=1S/C30H34F2N6O3/c1-39-25-16-21(5-7-24(25)38-14-12-37(13-15-38)22-8-10-33-11-9-22)36-30-34-18-20(19-35-30)4-6-23-28(31)26(40-2)17-27(41-3)29(23)32/h5,7,16-19,22,33H,8-15H2,1-3H3,(H,34,35,36). The largest absolute Gasteiger partial charge is 0.495 e. The first-order valence-electron chi connectivity index (χ1n) is 13.6. The van der Waals surface area contributed by atoms with Crippen LogP contribution in [0.2, 0.25) is 0 Å². The quantitative estimate of drug-likeness (QED) is 0.417. The molecule has 2 fully saturated rings. The van der Waals surface area contributed by atoms with Crippen LogP contribution in [0.15, 0.2) is 36.7 Å². The third kappa shape index (κ3) is 6.45. The van der Waals surface area contributed by atoms with Crippen LogP contribution in [-0.4, -0.2) is 81.5 Å². The fraction of sp³-hybridized carbons (Fsp3) is 0.400. The molecule has 3 heterocycles. The molecule has 0 amide bonds. The third-order valence-electron chi connectivity index (χ3n) is 7.47. The Hall–Kier alpha value is -4.14. The highest BCUT2D eigenvalue weighted by molar-refractivity contribution is 5.67. The predicted octanol–water partition coefficient (Wildman–Crippen LogP) is 3.80. The molecule has 1 aromatic heterocycles. The second-order valence-electron chi connectivity index (χ2n) is 9.85. The van der Waals surface area contributed by atoms with Gasteiger partial charge in [0.2, 0.25) is 5.95 Å². The van der Waals surface area contributed by atoms with Gasteiger partial charge in [-0.1, -0.05) is 11.8 Å². The van der Waals surface area contributed by atoms with Crippen molar-refractivity contribution in [3.63, 3.8) is 0 Å². The van der Waals surface area contributed by atoms with Crippen LogP contribution < -0.4 is 29.7 Å². The first kappa shape index (κ1) is 28.4. The molecule has 2 aliphatic rings. The average Bonchev–Trinajstić information content (AvgIpc) is 3.02. The highest BCUT2D eigenvalue weighted by atomic mass is 19.1. The zero-order valence-corrected chi connectivity index (χ0v) is 23.5. The lowest BCUT2D eigenvalue weighted by atomic mass is 10.0. The lowest BCUT2D eigenvalue weighted by Crippen LogP contribution is -2.52. The van der Waals surface area contributed by atoms with E-state index in [1.54, 1.807) is 7.11 Å². The Balaban J connectivity index is 1.24. The third-order valence-corrected chi connectivity index (χ3v) is 7.47. The fourth-order valence-electron chi connectivity index (χ4n) is 5.23. The van der Waals surface area contributed by atoms with Gasteiger partial charge in [-0.3, -0.25) is 4.90 Å². The van der Waals surface area contributed by atoms with Gasteiger partial charge in [0.05, 0.1) is 32.6 Å². The van der Waals surface area contributed by atoms with Gasteiger partial charge in [0.1, 0.15) is 11.3 Å². The maximum absolute atomic E-state index is 14.6. The van der Waals surface area contributed by atoms with Crippen molar-refractivity contribution in [2.75, 3.05) is 70.8 Å². The molecule has 11 heteroatoms. The second-order valence-corrected chi connectivity index (χ2v) is 9.85. The Kier molecular flexibility index (Phi) is 9.01. The number of piperidine rings is 1. The van der Waals surface area contributed by atoms with E-state index >= 15 is 0 Å². The minimum Gasteiger partial charge on any atom is -0.495 e. The highest BCUT2D eigenvalue weighted by Crippen LogP contribution is 2.33. The summed E-state index contributed by atoms with van der Waals surface area (Å²) in [4.78, 5) is 13.6. The Labute approximate surface area is 238 Å². The molecule has 2 saturated heterocycles. The molecule has 2 aromatic carbocycles. The molecular weight excluding hydrogens is 530 g/mol. The van der Waals surface area contributed by atoms with Gasteiger partial charge in [0, 0.05) is 62.4 Å². The Bertz CT molecular complexity index is 1380. The van der Waals surface area contributed by atoms with Crippen LogP contribution in [0.25, 0.3) is 0 Å². The SMILES string of the molecule is COc1cc(Nc2ncc(C#Cc3c(F)c(OC)cc(OC)c3F)cn2)ccc1N1CCN(C2CCNCC2)CC1. The molecule has 216 valence electrons. The molecule has 2 N–H and O–H groups in total. The van der Waals surface area contributed by atoms with Crippen LogP contribution in [0.3, 0.4) is 0 Å². The maximum Gasteiger partial charge on any atom is 0.227 e. The van der Waals surface area contributed by atoms with E-state index < -0.39 is 17.2 Å². The van der Waals surface area contributed by atoms with E-state index in [0.29, 0.717) is 17.6 Å². The van der Waals surface area contributed by atoms with Crippen molar-refractivity contribution < 1.29 is 23.0 Å². The fourth-order valence-corrected chi connectivity index (χ4v) is 5.23. The summed E-state index contributed by atoms with van der Waals surface area (Å²) in [7, 11) is 4.24. The van der Waals surface area contributed by atoms with Crippen LogP contribution in [0.1, 0.15) is 24.0 Å². The Morgan fingerprint density at radius 2 is 1.49 bits per heavy atom. The van der Waals surface area contributed by atoms with Gasteiger partial charge >= 0.3 is 0 Å². The molecule has 3 aromatic rings. The monoisotopic (exact) mass is 564 g/mol. The lowest BCUT2D eigenvalue weighted by Gasteiger charge is -2.42. The Morgan fingerprint density at radius 3 is 2.10 bits per heavy atom. The van der Waals surface area contributed by atoms with E-state index in [2.05, 4.69) is 42.2 Å².